The van der Waals surface area contributed by atoms with E-state index in [0.717, 1.165) is 16.7 Å². The monoisotopic (exact) mass is 762 g/mol. The Morgan fingerprint density at radius 1 is 0.368 bits per heavy atom. The van der Waals surface area contributed by atoms with Crippen LogP contribution >= 0.6 is 22.7 Å². The van der Waals surface area contributed by atoms with Gasteiger partial charge in [0.2, 0.25) is 0 Å². The summed E-state index contributed by atoms with van der Waals surface area (Å²) in [6.07, 6.45) is 0. The highest BCUT2D eigenvalue weighted by atomic mass is 32.1. The van der Waals surface area contributed by atoms with Crippen LogP contribution in [0.4, 0.5) is 0 Å². The number of hydrogen-bond acceptors (Lipinski definition) is 5. The molecule has 0 bridgehead atoms. The number of fused-ring (bicyclic) bond motifs is 10. The van der Waals surface area contributed by atoms with Crippen LogP contribution < -0.4 is 0 Å². The first-order chi connectivity index (χ1) is 28.2. The zero-order chi connectivity index (χ0) is 37.5. The van der Waals surface area contributed by atoms with Crippen molar-refractivity contribution in [3.63, 3.8) is 0 Å². The summed E-state index contributed by atoms with van der Waals surface area (Å²) in [7, 11) is 0. The van der Waals surface area contributed by atoms with Crippen LogP contribution in [0.25, 0.3) is 113 Å². The summed E-state index contributed by atoms with van der Waals surface area (Å²) in [6, 6.07) is 64.9. The number of para-hydroxylation sites is 1. The van der Waals surface area contributed by atoms with Crippen molar-refractivity contribution in [1.29, 1.82) is 0 Å². The second-order valence-electron chi connectivity index (χ2n) is 14.4. The van der Waals surface area contributed by atoms with E-state index in [1.165, 1.54) is 79.0 Å². The van der Waals surface area contributed by atoms with E-state index in [0.29, 0.717) is 17.5 Å². The Balaban J connectivity index is 1.03. The molecule has 4 heterocycles. The van der Waals surface area contributed by atoms with E-state index in [-0.39, 0.29) is 0 Å². The molecule has 0 saturated carbocycles. The number of thiophene rings is 2. The predicted octanol–water partition coefficient (Wildman–Crippen LogP) is 14.4. The maximum Gasteiger partial charge on any atom is 0.165 e. The Kier molecular flexibility index (Phi) is 7.24. The number of hydrogen-bond donors (Lipinski definition) is 0. The fourth-order valence-electron chi connectivity index (χ4n) is 8.42. The van der Waals surface area contributed by atoms with Crippen LogP contribution in [-0.4, -0.2) is 19.5 Å². The molecule has 8 aromatic carbocycles. The SMILES string of the molecule is c1ccc(-c2nc(-c3ccccc3)nc(-c3cccc4c3sc3ccc(-c5ccc6c(c5)c5ccc7sc8ccccc8c7c5n6-c5ccccc5)cc34)n2)cc1. The molecule has 0 unspecified atom stereocenters. The molecule has 0 saturated heterocycles. The van der Waals surface area contributed by atoms with E-state index in [1.807, 2.05) is 47.7 Å². The van der Waals surface area contributed by atoms with Gasteiger partial charge in [0.25, 0.3) is 0 Å². The molecule has 0 atom stereocenters. The molecule has 0 amide bonds. The Morgan fingerprint density at radius 3 is 1.72 bits per heavy atom. The van der Waals surface area contributed by atoms with Crippen molar-refractivity contribution in [2.24, 2.45) is 0 Å². The van der Waals surface area contributed by atoms with Gasteiger partial charge in [-0.15, -0.1) is 22.7 Å². The number of nitrogens with zero attached hydrogens (tertiary/aromatic N) is 4. The van der Waals surface area contributed by atoms with Gasteiger partial charge < -0.3 is 4.57 Å². The van der Waals surface area contributed by atoms with E-state index in [2.05, 4.69) is 150 Å². The third kappa shape index (κ3) is 5.15. The number of rotatable bonds is 5. The fourth-order valence-corrected chi connectivity index (χ4v) is 10.7. The molecule has 0 spiro atoms. The lowest BCUT2D eigenvalue weighted by Crippen LogP contribution is -2.00. The standard InChI is InChI=1S/C51H30N4S2/c1-4-13-31(14-5-1)49-52-50(32-15-6-2-7-16-32)54-51(53-49)39-21-12-20-37-41-30-34(24-27-44(41)57-48(37)39)33-23-26-42-40(29-33)36-25-28-45-46(38-19-10-11-22-43(38)56-45)47(36)55(42)35-17-8-3-9-18-35/h1-30H. The lowest BCUT2D eigenvalue weighted by atomic mass is 10.00. The quantitative estimate of drug-likeness (QED) is 0.175. The lowest BCUT2D eigenvalue weighted by Gasteiger charge is -2.09. The summed E-state index contributed by atoms with van der Waals surface area (Å²) >= 11 is 3.66. The Morgan fingerprint density at radius 2 is 0.965 bits per heavy atom. The molecule has 0 N–H and O–H groups in total. The average molecular weight is 763 g/mol. The van der Waals surface area contributed by atoms with Crippen LogP contribution in [0, 0.1) is 0 Å². The molecule has 57 heavy (non-hydrogen) atoms. The Hall–Kier alpha value is -6.99. The Bertz CT molecular complexity index is 3450. The van der Waals surface area contributed by atoms with Gasteiger partial charge in [0.05, 0.1) is 11.0 Å². The topological polar surface area (TPSA) is 43.6 Å². The van der Waals surface area contributed by atoms with Gasteiger partial charge in [0.1, 0.15) is 0 Å². The molecule has 266 valence electrons. The van der Waals surface area contributed by atoms with Crippen LogP contribution in [-0.2, 0) is 0 Å². The molecule has 4 nitrogen and oxygen atoms in total. The van der Waals surface area contributed by atoms with Gasteiger partial charge in [-0.2, -0.15) is 0 Å². The van der Waals surface area contributed by atoms with Gasteiger partial charge in [-0.3, -0.25) is 0 Å². The van der Waals surface area contributed by atoms with Gasteiger partial charge in [-0.05, 0) is 65.7 Å². The van der Waals surface area contributed by atoms with Gasteiger partial charge >= 0.3 is 0 Å². The van der Waals surface area contributed by atoms with Crippen molar-refractivity contribution >= 4 is 84.8 Å². The molecular formula is C51H30N4S2. The van der Waals surface area contributed by atoms with Crippen molar-refractivity contribution in [2.45, 2.75) is 0 Å². The van der Waals surface area contributed by atoms with Gasteiger partial charge in [0.15, 0.2) is 17.5 Å². The van der Waals surface area contributed by atoms with E-state index >= 15 is 0 Å². The smallest absolute Gasteiger partial charge is 0.165 e. The molecule has 4 aromatic heterocycles. The van der Waals surface area contributed by atoms with Gasteiger partial charge in [0, 0.05) is 73.5 Å². The third-order valence-electron chi connectivity index (χ3n) is 11.1. The van der Waals surface area contributed by atoms with Crippen LogP contribution in [0.1, 0.15) is 0 Å². The molecule has 0 aliphatic rings. The van der Waals surface area contributed by atoms with Crippen LogP contribution in [0.15, 0.2) is 182 Å². The molecule has 12 aromatic rings. The minimum absolute atomic E-state index is 0.664. The Labute approximate surface area is 335 Å². The van der Waals surface area contributed by atoms with Gasteiger partial charge in [-0.1, -0.05) is 127 Å². The maximum atomic E-state index is 5.08. The zero-order valence-corrected chi connectivity index (χ0v) is 32.1. The van der Waals surface area contributed by atoms with Crippen molar-refractivity contribution in [3.8, 4) is 51.0 Å². The molecule has 0 radical (unpaired) electrons. The van der Waals surface area contributed by atoms with Gasteiger partial charge in [-0.25, -0.2) is 15.0 Å². The molecule has 0 fully saturated rings. The van der Waals surface area contributed by atoms with Crippen molar-refractivity contribution < 1.29 is 0 Å². The summed E-state index contributed by atoms with van der Waals surface area (Å²) in [4.78, 5) is 15.1. The summed E-state index contributed by atoms with van der Waals surface area (Å²) in [6.45, 7) is 0. The summed E-state index contributed by atoms with van der Waals surface area (Å²) in [5.74, 6) is 2.00. The predicted molar refractivity (Wildman–Crippen MR) is 242 cm³/mol. The largest absolute Gasteiger partial charge is 0.309 e. The zero-order valence-electron chi connectivity index (χ0n) is 30.4. The second-order valence-corrected chi connectivity index (χ2v) is 16.5. The molecule has 12 rings (SSSR count). The normalized spacial score (nSPS) is 11.9. The first kappa shape index (κ1) is 32.3. The van der Waals surface area contributed by atoms with E-state index in [4.69, 9.17) is 15.0 Å². The van der Waals surface area contributed by atoms with Crippen LogP contribution in [0.5, 0.6) is 0 Å². The summed E-state index contributed by atoms with van der Waals surface area (Å²) in [5.41, 5.74) is 8.95. The minimum atomic E-state index is 0.664. The fraction of sp³-hybridized carbons (Fsp3) is 0. The number of benzene rings is 8. The maximum absolute atomic E-state index is 5.08. The van der Waals surface area contributed by atoms with E-state index in [1.54, 1.807) is 11.3 Å². The molecular weight excluding hydrogens is 733 g/mol. The first-order valence-electron chi connectivity index (χ1n) is 19.0. The highest BCUT2D eigenvalue weighted by Crippen LogP contribution is 2.45. The van der Waals surface area contributed by atoms with Crippen molar-refractivity contribution in [2.75, 3.05) is 0 Å². The first-order valence-corrected chi connectivity index (χ1v) is 20.7. The van der Waals surface area contributed by atoms with E-state index in [9.17, 15) is 0 Å². The highest BCUT2D eigenvalue weighted by Gasteiger charge is 2.20. The second kappa shape index (κ2) is 12.8. The van der Waals surface area contributed by atoms with Crippen molar-refractivity contribution in [1.82, 2.24) is 19.5 Å². The minimum Gasteiger partial charge on any atom is -0.309 e. The lowest BCUT2D eigenvalue weighted by molar-refractivity contribution is 1.08. The highest BCUT2D eigenvalue weighted by molar-refractivity contribution is 7.26. The summed E-state index contributed by atoms with van der Waals surface area (Å²) in [5, 5.41) is 7.57. The van der Waals surface area contributed by atoms with Crippen LogP contribution in [0.2, 0.25) is 0 Å². The average Bonchev–Trinajstić information content (AvgIpc) is 3.96. The molecule has 0 aliphatic heterocycles. The van der Waals surface area contributed by atoms with E-state index < -0.39 is 0 Å². The molecule has 6 heteroatoms. The number of aromatic nitrogens is 4. The van der Waals surface area contributed by atoms with Crippen molar-refractivity contribution in [3.05, 3.63) is 182 Å². The third-order valence-corrected chi connectivity index (χ3v) is 13.4. The summed E-state index contributed by atoms with van der Waals surface area (Å²) < 4.78 is 7.48. The van der Waals surface area contributed by atoms with Crippen LogP contribution in [0.3, 0.4) is 0 Å². The molecule has 0 aliphatic carbocycles.